The molecule has 0 aliphatic heterocycles. The molecule has 2 rings (SSSR count). The Morgan fingerprint density at radius 2 is 2.24 bits per heavy atom. The molecular formula is C11H11ClN2O3. The first-order valence-corrected chi connectivity index (χ1v) is 5.20. The molecular weight excluding hydrogens is 244 g/mol. The van der Waals surface area contributed by atoms with Gasteiger partial charge in [0, 0.05) is 5.56 Å². The number of aromatic nitrogens is 1. The van der Waals surface area contributed by atoms with Crippen molar-refractivity contribution in [2.75, 3.05) is 12.8 Å². The van der Waals surface area contributed by atoms with Crippen LogP contribution in [0, 0.1) is 6.92 Å². The van der Waals surface area contributed by atoms with Crippen molar-refractivity contribution in [1.29, 1.82) is 0 Å². The second-order valence-corrected chi connectivity index (χ2v) is 3.92. The summed E-state index contributed by atoms with van der Waals surface area (Å²) in [6, 6.07) is 1.67. The first-order chi connectivity index (χ1) is 8.06. The number of methoxy groups -OCH3 is 1. The molecule has 0 aliphatic carbocycles. The average Bonchev–Trinajstić information content (AvgIpc) is 2.70. The zero-order chi connectivity index (χ0) is 12.6. The third kappa shape index (κ3) is 1.78. The zero-order valence-electron chi connectivity index (χ0n) is 9.32. The number of phenolic OH excluding ortho intramolecular Hbond substituents is 1. The van der Waals surface area contributed by atoms with E-state index < -0.39 is 0 Å². The highest BCUT2D eigenvalue weighted by Gasteiger charge is 2.19. The number of halogens is 1. The zero-order valence-corrected chi connectivity index (χ0v) is 10.1. The maximum atomic E-state index is 9.84. The van der Waals surface area contributed by atoms with E-state index in [1.807, 2.05) is 6.92 Å². The number of ether oxygens (including phenoxy) is 1. The first kappa shape index (κ1) is 11.6. The minimum absolute atomic E-state index is 0.129. The van der Waals surface area contributed by atoms with Crippen LogP contribution in [0.15, 0.2) is 16.8 Å². The lowest BCUT2D eigenvalue weighted by molar-refractivity contribution is 0.373. The summed E-state index contributed by atoms with van der Waals surface area (Å²) in [5.41, 5.74) is 7.57. The highest BCUT2D eigenvalue weighted by atomic mass is 35.5. The van der Waals surface area contributed by atoms with Crippen LogP contribution in [0.3, 0.4) is 0 Å². The predicted octanol–water partition coefficient (Wildman–Crippen LogP) is 2.60. The number of nitrogen functional groups attached to an aromatic ring is 1. The molecule has 0 bridgehead atoms. The standard InChI is InChI=1S/C11H11ClN2O3/c1-5-3-7(16-2)10(15)9(12)8(5)6-4-14-17-11(6)13/h3-4,15H,13H2,1-2H3. The van der Waals surface area contributed by atoms with Crippen molar-refractivity contribution in [3.63, 3.8) is 0 Å². The molecule has 0 saturated carbocycles. The van der Waals surface area contributed by atoms with Gasteiger partial charge in [-0.15, -0.1) is 0 Å². The summed E-state index contributed by atoms with van der Waals surface area (Å²) >= 11 is 6.09. The molecule has 1 aromatic heterocycles. The Kier molecular flexibility index (Phi) is 2.85. The Morgan fingerprint density at radius 3 is 2.76 bits per heavy atom. The maximum Gasteiger partial charge on any atom is 0.230 e. The smallest absolute Gasteiger partial charge is 0.230 e. The predicted molar refractivity (Wildman–Crippen MR) is 64.3 cm³/mol. The Morgan fingerprint density at radius 1 is 1.53 bits per heavy atom. The molecule has 17 heavy (non-hydrogen) atoms. The van der Waals surface area contributed by atoms with E-state index in [-0.39, 0.29) is 16.7 Å². The average molecular weight is 255 g/mol. The number of hydrogen-bond donors (Lipinski definition) is 2. The minimum Gasteiger partial charge on any atom is -0.503 e. The number of anilines is 1. The lowest BCUT2D eigenvalue weighted by Crippen LogP contribution is -1.92. The topological polar surface area (TPSA) is 81.5 Å². The van der Waals surface area contributed by atoms with Gasteiger partial charge < -0.3 is 20.1 Å². The Hall–Kier alpha value is -1.88. The third-order valence-corrected chi connectivity index (χ3v) is 2.86. The third-order valence-electron chi connectivity index (χ3n) is 2.49. The van der Waals surface area contributed by atoms with Gasteiger partial charge in [0.15, 0.2) is 11.5 Å². The molecule has 90 valence electrons. The highest BCUT2D eigenvalue weighted by Crippen LogP contribution is 2.44. The molecule has 1 aromatic carbocycles. The van der Waals surface area contributed by atoms with Gasteiger partial charge in [0.2, 0.25) is 5.88 Å². The van der Waals surface area contributed by atoms with Crippen molar-refractivity contribution in [2.24, 2.45) is 0 Å². The summed E-state index contributed by atoms with van der Waals surface area (Å²) in [6.07, 6.45) is 1.45. The maximum absolute atomic E-state index is 9.84. The van der Waals surface area contributed by atoms with Crippen molar-refractivity contribution >= 4 is 17.5 Å². The lowest BCUT2D eigenvalue weighted by Gasteiger charge is -2.12. The van der Waals surface area contributed by atoms with Gasteiger partial charge in [-0.25, -0.2) is 0 Å². The highest BCUT2D eigenvalue weighted by molar-refractivity contribution is 6.35. The van der Waals surface area contributed by atoms with E-state index in [2.05, 4.69) is 5.16 Å². The van der Waals surface area contributed by atoms with Gasteiger partial charge in [0.1, 0.15) is 0 Å². The molecule has 0 amide bonds. The van der Waals surface area contributed by atoms with Crippen molar-refractivity contribution in [3.8, 4) is 22.6 Å². The van der Waals surface area contributed by atoms with E-state index in [0.717, 1.165) is 5.56 Å². The summed E-state index contributed by atoms with van der Waals surface area (Å²) in [4.78, 5) is 0. The Bertz CT molecular complexity index is 566. The van der Waals surface area contributed by atoms with E-state index in [4.69, 9.17) is 26.6 Å². The molecule has 0 unspecified atom stereocenters. The van der Waals surface area contributed by atoms with Crippen LogP contribution in [0.2, 0.25) is 5.02 Å². The second kappa shape index (κ2) is 4.18. The molecule has 0 spiro atoms. The van der Waals surface area contributed by atoms with E-state index >= 15 is 0 Å². The molecule has 6 heteroatoms. The van der Waals surface area contributed by atoms with E-state index in [9.17, 15) is 5.11 Å². The number of aryl methyl sites for hydroxylation is 1. The molecule has 1 heterocycles. The number of phenols is 1. The number of nitrogens with zero attached hydrogens (tertiary/aromatic N) is 1. The van der Waals surface area contributed by atoms with Crippen molar-refractivity contribution in [2.45, 2.75) is 6.92 Å². The van der Waals surface area contributed by atoms with Gasteiger partial charge >= 0.3 is 0 Å². The van der Waals surface area contributed by atoms with Crippen molar-refractivity contribution in [3.05, 3.63) is 22.8 Å². The van der Waals surface area contributed by atoms with Crippen molar-refractivity contribution in [1.82, 2.24) is 5.16 Å². The van der Waals surface area contributed by atoms with E-state index in [0.29, 0.717) is 16.9 Å². The normalized spacial score (nSPS) is 10.5. The summed E-state index contributed by atoms with van der Waals surface area (Å²) in [5.74, 6) is 0.334. The number of rotatable bonds is 2. The van der Waals surface area contributed by atoms with Crippen LogP contribution < -0.4 is 10.5 Å². The molecule has 0 atom stereocenters. The van der Waals surface area contributed by atoms with Gasteiger partial charge in [0.25, 0.3) is 0 Å². The van der Waals surface area contributed by atoms with E-state index in [1.54, 1.807) is 6.07 Å². The fourth-order valence-corrected chi connectivity index (χ4v) is 2.00. The number of aromatic hydroxyl groups is 1. The van der Waals surface area contributed by atoms with Crippen LogP contribution in [0.4, 0.5) is 5.88 Å². The minimum atomic E-state index is -0.129. The van der Waals surface area contributed by atoms with Crippen LogP contribution in [0.25, 0.3) is 11.1 Å². The first-order valence-electron chi connectivity index (χ1n) is 4.82. The quantitative estimate of drug-likeness (QED) is 0.861. The SMILES string of the molecule is COc1cc(C)c(-c2cnoc2N)c(Cl)c1O. The Balaban J connectivity index is 2.72. The van der Waals surface area contributed by atoms with Gasteiger partial charge in [-0.1, -0.05) is 16.8 Å². The lowest BCUT2D eigenvalue weighted by atomic mass is 10.0. The second-order valence-electron chi connectivity index (χ2n) is 3.54. The molecule has 5 nitrogen and oxygen atoms in total. The van der Waals surface area contributed by atoms with Gasteiger partial charge in [0.05, 0.1) is 23.9 Å². The molecule has 0 fully saturated rings. The summed E-state index contributed by atoms with van der Waals surface area (Å²) in [6.45, 7) is 1.83. The summed E-state index contributed by atoms with van der Waals surface area (Å²) in [5, 5.41) is 13.6. The number of benzene rings is 1. The van der Waals surface area contributed by atoms with Crippen molar-refractivity contribution < 1.29 is 14.4 Å². The molecule has 3 N–H and O–H groups in total. The van der Waals surface area contributed by atoms with Crippen LogP contribution in [-0.4, -0.2) is 17.4 Å². The Labute approximate surface area is 103 Å². The molecule has 0 saturated heterocycles. The van der Waals surface area contributed by atoms with Gasteiger partial charge in [-0.3, -0.25) is 0 Å². The molecule has 2 aromatic rings. The number of hydrogen-bond acceptors (Lipinski definition) is 5. The van der Waals surface area contributed by atoms with Crippen LogP contribution in [0.5, 0.6) is 11.5 Å². The van der Waals surface area contributed by atoms with Crippen LogP contribution >= 0.6 is 11.6 Å². The largest absolute Gasteiger partial charge is 0.503 e. The van der Waals surface area contributed by atoms with Gasteiger partial charge in [-0.2, -0.15) is 0 Å². The fourth-order valence-electron chi connectivity index (χ4n) is 1.66. The van der Waals surface area contributed by atoms with Gasteiger partial charge in [-0.05, 0) is 18.6 Å². The number of nitrogens with two attached hydrogens (primary N) is 1. The van der Waals surface area contributed by atoms with E-state index in [1.165, 1.54) is 13.3 Å². The summed E-state index contributed by atoms with van der Waals surface area (Å²) < 4.78 is 9.79. The van der Waals surface area contributed by atoms with Crippen LogP contribution in [0.1, 0.15) is 5.56 Å². The summed E-state index contributed by atoms with van der Waals surface area (Å²) in [7, 11) is 1.46. The molecule has 0 aliphatic rings. The molecule has 0 radical (unpaired) electrons. The fraction of sp³-hybridized carbons (Fsp3) is 0.182. The van der Waals surface area contributed by atoms with Crippen LogP contribution in [-0.2, 0) is 0 Å². The monoisotopic (exact) mass is 254 g/mol.